The van der Waals surface area contributed by atoms with Gasteiger partial charge in [-0.3, -0.25) is 0 Å². The number of alkyl halides is 4. The quantitative estimate of drug-likeness (QED) is 0.460. The van der Waals surface area contributed by atoms with Crippen molar-refractivity contribution in [3.8, 4) is 0 Å². The zero-order valence-electron chi connectivity index (χ0n) is 8.59. The van der Waals surface area contributed by atoms with E-state index < -0.39 is 25.1 Å². The Labute approximate surface area is 77.3 Å². The van der Waals surface area contributed by atoms with Gasteiger partial charge in [0.1, 0.15) is 8.07 Å². The monoisotopic (exact) mass is 216 g/mol. The molecule has 1 unspecified atom stereocenters. The molecule has 0 amide bonds. The van der Waals surface area contributed by atoms with Crippen LogP contribution in [0.25, 0.3) is 0 Å². The molecule has 0 saturated carbocycles. The molecule has 0 aliphatic rings. The predicted molar refractivity (Wildman–Crippen MR) is 48.1 cm³/mol. The third kappa shape index (κ3) is 2.69. The van der Waals surface area contributed by atoms with Crippen molar-refractivity contribution in [2.45, 2.75) is 50.9 Å². The summed E-state index contributed by atoms with van der Waals surface area (Å²) >= 11 is 0. The Morgan fingerprint density at radius 3 is 1.38 bits per heavy atom. The molecule has 0 radical (unpaired) electrons. The number of hydrogen-bond acceptors (Lipinski definition) is 0. The lowest BCUT2D eigenvalue weighted by Crippen LogP contribution is -2.53. The van der Waals surface area contributed by atoms with Crippen LogP contribution >= 0.6 is 0 Å². The highest BCUT2D eigenvalue weighted by Crippen LogP contribution is 2.44. The molecule has 0 aromatic heterocycles. The molecule has 0 aromatic rings. The van der Waals surface area contributed by atoms with Crippen molar-refractivity contribution >= 4 is 8.07 Å². The highest BCUT2D eigenvalue weighted by Gasteiger charge is 2.55. The predicted octanol–water partition coefficient (Wildman–Crippen LogP) is 3.93. The molecule has 0 heterocycles. The molecule has 0 aromatic carbocycles. The molecule has 0 aliphatic carbocycles. The second-order valence-electron chi connectivity index (χ2n) is 4.88. The Bertz CT molecular complexity index is 178. The van der Waals surface area contributed by atoms with Gasteiger partial charge in [-0.1, -0.05) is 33.9 Å². The van der Waals surface area contributed by atoms with Crippen molar-refractivity contribution in [2.75, 3.05) is 0 Å². The van der Waals surface area contributed by atoms with Crippen LogP contribution in [0.4, 0.5) is 17.6 Å². The Morgan fingerprint density at radius 1 is 1.00 bits per heavy atom. The van der Waals surface area contributed by atoms with Gasteiger partial charge in [0.2, 0.25) is 0 Å². The van der Waals surface area contributed by atoms with E-state index in [9.17, 15) is 17.6 Å². The Balaban J connectivity index is 4.86. The number of rotatable bonds is 1. The largest absolute Gasteiger partial charge is 0.416 e. The molecule has 0 rings (SSSR count). The van der Waals surface area contributed by atoms with E-state index in [1.165, 1.54) is 13.1 Å². The third-order valence-electron chi connectivity index (χ3n) is 2.85. The van der Waals surface area contributed by atoms with Crippen molar-refractivity contribution < 1.29 is 17.6 Å². The van der Waals surface area contributed by atoms with E-state index in [0.29, 0.717) is 0 Å². The minimum Gasteiger partial charge on any atom is -0.242 e. The molecular formula is C8H16F4Si. The molecule has 80 valence electrons. The average Bonchev–Trinajstić information content (AvgIpc) is 1.81. The smallest absolute Gasteiger partial charge is 0.242 e. The summed E-state index contributed by atoms with van der Waals surface area (Å²) in [5.74, 6) is -2.64. The number of hydrogen-bond donors (Lipinski definition) is 0. The van der Waals surface area contributed by atoms with E-state index in [2.05, 4.69) is 0 Å². The van der Waals surface area contributed by atoms with Gasteiger partial charge in [0.25, 0.3) is 0 Å². The number of halogens is 4. The van der Waals surface area contributed by atoms with Crippen molar-refractivity contribution in [3.63, 3.8) is 0 Å². The van der Waals surface area contributed by atoms with Gasteiger partial charge in [0.05, 0.1) is 0 Å². The molecule has 0 nitrogen and oxygen atoms in total. The van der Waals surface area contributed by atoms with Gasteiger partial charge >= 0.3 is 6.18 Å². The molecule has 0 bridgehead atoms. The summed E-state index contributed by atoms with van der Waals surface area (Å²) in [7, 11) is -2.94. The van der Waals surface area contributed by atoms with Crippen molar-refractivity contribution in [1.82, 2.24) is 0 Å². The Hall–Kier alpha value is -0.0631. The van der Waals surface area contributed by atoms with Crippen LogP contribution < -0.4 is 0 Å². The summed E-state index contributed by atoms with van der Waals surface area (Å²) in [6.45, 7) is 7.86. The highest BCUT2D eigenvalue weighted by atomic mass is 28.3. The topological polar surface area (TPSA) is 0 Å². The van der Waals surface area contributed by atoms with E-state index in [1.54, 1.807) is 20.8 Å². The second-order valence-corrected chi connectivity index (χ2v) is 10.3. The van der Waals surface area contributed by atoms with E-state index in [-0.39, 0.29) is 0 Å². The average molecular weight is 216 g/mol. The summed E-state index contributed by atoms with van der Waals surface area (Å²) in [5.41, 5.74) is 0. The summed E-state index contributed by atoms with van der Waals surface area (Å²) in [6.07, 6.45) is -4.71. The zero-order valence-corrected chi connectivity index (χ0v) is 9.59. The summed E-state index contributed by atoms with van der Waals surface area (Å²) in [6, 6.07) is 0. The minimum absolute atomic E-state index is 0.581. The standard InChI is InChI=1S/C8H16F4Si/c1-7(2,3)13(4,5)6(9)8(10,11)12/h6H,1-5H3. The molecule has 0 aliphatic heterocycles. The fraction of sp³-hybridized carbons (Fsp3) is 1.00. The van der Waals surface area contributed by atoms with E-state index in [4.69, 9.17) is 0 Å². The Morgan fingerprint density at radius 2 is 1.31 bits per heavy atom. The first kappa shape index (κ1) is 12.9. The SMILES string of the molecule is CC(C)(C)[Si](C)(C)C(F)C(F)(F)F. The van der Waals surface area contributed by atoms with Crippen LogP contribution in [-0.2, 0) is 0 Å². The molecule has 13 heavy (non-hydrogen) atoms. The third-order valence-corrected chi connectivity index (χ3v) is 8.31. The van der Waals surface area contributed by atoms with E-state index >= 15 is 0 Å². The molecular weight excluding hydrogens is 200 g/mol. The lowest BCUT2D eigenvalue weighted by atomic mass is 10.2. The highest BCUT2D eigenvalue weighted by molar-refractivity contribution is 6.81. The molecule has 0 saturated heterocycles. The van der Waals surface area contributed by atoms with Crippen LogP contribution in [-0.4, -0.2) is 20.0 Å². The summed E-state index contributed by atoms with van der Waals surface area (Å²) in [5, 5.41) is -0.581. The lowest BCUT2D eigenvalue weighted by Gasteiger charge is -2.39. The van der Waals surface area contributed by atoms with Gasteiger partial charge in [0, 0.05) is 0 Å². The maximum atomic E-state index is 13.1. The zero-order chi connectivity index (χ0) is 11.1. The van der Waals surface area contributed by atoms with Crippen LogP contribution in [0.3, 0.4) is 0 Å². The van der Waals surface area contributed by atoms with Gasteiger partial charge < -0.3 is 0 Å². The first-order chi connectivity index (χ1) is 5.40. The first-order valence-corrected chi connectivity index (χ1v) is 7.19. The Kier molecular flexibility index (Phi) is 3.24. The van der Waals surface area contributed by atoms with Gasteiger partial charge in [-0.05, 0) is 5.04 Å². The lowest BCUT2D eigenvalue weighted by molar-refractivity contribution is -0.160. The molecule has 0 N–H and O–H groups in total. The van der Waals surface area contributed by atoms with Crippen LogP contribution in [0.2, 0.25) is 18.1 Å². The molecule has 5 heteroatoms. The van der Waals surface area contributed by atoms with Crippen LogP contribution in [0.1, 0.15) is 20.8 Å². The van der Waals surface area contributed by atoms with Crippen LogP contribution in [0, 0.1) is 0 Å². The van der Waals surface area contributed by atoms with Crippen molar-refractivity contribution in [1.29, 1.82) is 0 Å². The van der Waals surface area contributed by atoms with E-state index in [0.717, 1.165) is 0 Å². The van der Waals surface area contributed by atoms with Crippen molar-refractivity contribution in [3.05, 3.63) is 0 Å². The normalized spacial score (nSPS) is 17.3. The van der Waals surface area contributed by atoms with Gasteiger partial charge in [0.15, 0.2) is 5.79 Å². The van der Waals surface area contributed by atoms with Crippen LogP contribution in [0.15, 0.2) is 0 Å². The minimum atomic E-state index is -4.71. The molecule has 0 spiro atoms. The second kappa shape index (κ2) is 3.26. The molecule has 1 atom stereocenters. The maximum absolute atomic E-state index is 13.1. The fourth-order valence-electron chi connectivity index (χ4n) is 0.789. The van der Waals surface area contributed by atoms with Crippen LogP contribution in [0.5, 0.6) is 0 Å². The maximum Gasteiger partial charge on any atom is 0.416 e. The van der Waals surface area contributed by atoms with Gasteiger partial charge in [-0.25, -0.2) is 4.39 Å². The molecule has 0 fully saturated rings. The first-order valence-electron chi connectivity index (χ1n) is 4.11. The van der Waals surface area contributed by atoms with E-state index in [1.807, 2.05) is 0 Å². The van der Waals surface area contributed by atoms with Gasteiger partial charge in [-0.2, -0.15) is 13.2 Å². The summed E-state index contributed by atoms with van der Waals surface area (Å²) in [4.78, 5) is 0. The fourth-order valence-corrected chi connectivity index (χ4v) is 2.37. The van der Waals surface area contributed by atoms with Crippen molar-refractivity contribution in [2.24, 2.45) is 0 Å². The summed E-state index contributed by atoms with van der Waals surface area (Å²) < 4.78 is 49.5. The van der Waals surface area contributed by atoms with Gasteiger partial charge in [-0.15, -0.1) is 0 Å².